The first-order valence-electron chi connectivity index (χ1n) is 6.19. The molecule has 1 saturated heterocycles. The van der Waals surface area contributed by atoms with Crippen molar-refractivity contribution in [3.63, 3.8) is 0 Å². The lowest BCUT2D eigenvalue weighted by Gasteiger charge is -2.17. The maximum Gasteiger partial charge on any atom is 0.321 e. The minimum absolute atomic E-state index is 0.133. The Kier molecular flexibility index (Phi) is 4.27. The molecule has 5 nitrogen and oxygen atoms in total. The lowest BCUT2D eigenvalue weighted by atomic mass is 10.2. The van der Waals surface area contributed by atoms with Crippen LogP contribution in [0.1, 0.15) is 19.8 Å². The number of rotatable bonds is 2. The Hall–Kier alpha value is -1.75. The average molecular weight is 282 g/mol. The van der Waals surface area contributed by atoms with Crippen molar-refractivity contribution < 1.29 is 9.59 Å². The molecule has 1 heterocycles. The predicted octanol–water partition coefficient (Wildman–Crippen LogP) is 2.93. The summed E-state index contributed by atoms with van der Waals surface area (Å²) in [7, 11) is 0. The Morgan fingerprint density at radius 1 is 1.21 bits per heavy atom. The number of halogens is 1. The van der Waals surface area contributed by atoms with Gasteiger partial charge in [0.15, 0.2) is 0 Å². The third-order valence-electron chi connectivity index (χ3n) is 2.92. The van der Waals surface area contributed by atoms with E-state index in [1.54, 1.807) is 23.1 Å². The monoisotopic (exact) mass is 281 g/mol. The lowest BCUT2D eigenvalue weighted by Crippen LogP contribution is -2.32. The lowest BCUT2D eigenvalue weighted by molar-refractivity contribution is -0.114. The molecular formula is C13H16ClN3O2. The van der Waals surface area contributed by atoms with E-state index in [9.17, 15) is 9.59 Å². The highest BCUT2D eigenvalue weighted by Crippen LogP contribution is 2.26. The Bertz CT molecular complexity index is 499. The van der Waals surface area contributed by atoms with Gasteiger partial charge < -0.3 is 15.5 Å². The summed E-state index contributed by atoms with van der Waals surface area (Å²) in [5.41, 5.74) is 1.16. The van der Waals surface area contributed by atoms with E-state index in [2.05, 4.69) is 10.6 Å². The van der Waals surface area contributed by atoms with E-state index >= 15 is 0 Å². The Morgan fingerprint density at radius 2 is 1.89 bits per heavy atom. The Balaban J connectivity index is 2.04. The van der Waals surface area contributed by atoms with E-state index in [0.717, 1.165) is 25.9 Å². The van der Waals surface area contributed by atoms with Gasteiger partial charge in [0.1, 0.15) is 0 Å². The molecule has 2 N–H and O–H groups in total. The highest BCUT2D eigenvalue weighted by Gasteiger charge is 2.18. The Labute approximate surface area is 116 Å². The van der Waals surface area contributed by atoms with Crippen LogP contribution >= 0.6 is 11.6 Å². The van der Waals surface area contributed by atoms with Gasteiger partial charge in [-0.15, -0.1) is 0 Å². The molecule has 0 aromatic heterocycles. The summed E-state index contributed by atoms with van der Waals surface area (Å²) in [5.74, 6) is -0.162. The van der Waals surface area contributed by atoms with E-state index in [1.165, 1.54) is 6.92 Å². The molecular weight excluding hydrogens is 266 g/mol. The number of carbonyl (C=O) groups excluding carboxylic acids is 2. The van der Waals surface area contributed by atoms with Gasteiger partial charge in [-0.1, -0.05) is 11.6 Å². The maximum absolute atomic E-state index is 11.9. The van der Waals surface area contributed by atoms with Crippen molar-refractivity contribution in [3.8, 4) is 0 Å². The summed E-state index contributed by atoms with van der Waals surface area (Å²) in [6.07, 6.45) is 2.09. The summed E-state index contributed by atoms with van der Waals surface area (Å²) < 4.78 is 0. The van der Waals surface area contributed by atoms with Gasteiger partial charge in [0.2, 0.25) is 5.91 Å². The fraction of sp³-hybridized carbons (Fsp3) is 0.385. The molecule has 102 valence electrons. The molecule has 1 aromatic carbocycles. The molecule has 1 aliphatic rings. The van der Waals surface area contributed by atoms with Gasteiger partial charge in [-0.2, -0.15) is 0 Å². The van der Waals surface area contributed by atoms with Gasteiger partial charge in [0.05, 0.1) is 10.7 Å². The minimum atomic E-state index is -0.162. The first kappa shape index (κ1) is 13.7. The highest BCUT2D eigenvalue weighted by atomic mass is 35.5. The highest BCUT2D eigenvalue weighted by molar-refractivity contribution is 6.34. The van der Waals surface area contributed by atoms with Crippen LogP contribution in [0.15, 0.2) is 18.2 Å². The first-order chi connectivity index (χ1) is 9.06. The maximum atomic E-state index is 11.9. The number of likely N-dealkylation sites (tertiary alicyclic amines) is 1. The van der Waals surface area contributed by atoms with Crippen LogP contribution in [0.3, 0.4) is 0 Å². The topological polar surface area (TPSA) is 61.4 Å². The molecule has 0 saturated carbocycles. The zero-order valence-electron chi connectivity index (χ0n) is 10.7. The third-order valence-corrected chi connectivity index (χ3v) is 3.24. The van der Waals surface area contributed by atoms with E-state index < -0.39 is 0 Å². The molecule has 1 fully saturated rings. The van der Waals surface area contributed by atoms with Crippen molar-refractivity contribution >= 4 is 34.9 Å². The first-order valence-corrected chi connectivity index (χ1v) is 6.57. The van der Waals surface area contributed by atoms with Gasteiger partial charge in [-0.3, -0.25) is 4.79 Å². The zero-order chi connectivity index (χ0) is 13.8. The van der Waals surface area contributed by atoms with E-state index in [1.807, 2.05) is 0 Å². The summed E-state index contributed by atoms with van der Waals surface area (Å²) in [5, 5.41) is 5.81. The van der Waals surface area contributed by atoms with E-state index in [-0.39, 0.29) is 11.9 Å². The quantitative estimate of drug-likeness (QED) is 0.875. The number of anilines is 2. The van der Waals surface area contributed by atoms with Crippen molar-refractivity contribution in [2.75, 3.05) is 23.7 Å². The van der Waals surface area contributed by atoms with Crippen LogP contribution in [-0.4, -0.2) is 29.9 Å². The predicted molar refractivity (Wildman–Crippen MR) is 75.6 cm³/mol. The molecule has 0 spiro atoms. The number of nitrogens with zero attached hydrogens (tertiary/aromatic N) is 1. The third kappa shape index (κ3) is 3.61. The van der Waals surface area contributed by atoms with E-state index in [4.69, 9.17) is 11.6 Å². The summed E-state index contributed by atoms with van der Waals surface area (Å²) in [4.78, 5) is 24.6. The molecule has 2 rings (SSSR count). The number of hydrogen-bond donors (Lipinski definition) is 2. The van der Waals surface area contributed by atoms with Crippen LogP contribution < -0.4 is 10.6 Å². The smallest absolute Gasteiger partial charge is 0.321 e. The summed E-state index contributed by atoms with van der Waals surface area (Å²) in [6, 6.07) is 4.86. The molecule has 1 aliphatic heterocycles. The zero-order valence-corrected chi connectivity index (χ0v) is 11.5. The SMILES string of the molecule is CC(=O)Nc1ccc(NC(=O)N2CCCC2)c(Cl)c1. The molecule has 3 amide bonds. The number of carbonyl (C=O) groups is 2. The number of benzene rings is 1. The van der Waals surface area contributed by atoms with Crippen LogP contribution in [0, 0.1) is 0 Å². The number of urea groups is 1. The number of nitrogens with one attached hydrogen (secondary N) is 2. The fourth-order valence-corrected chi connectivity index (χ4v) is 2.24. The Morgan fingerprint density at radius 3 is 2.47 bits per heavy atom. The molecule has 0 bridgehead atoms. The normalized spacial score (nSPS) is 14.3. The van der Waals surface area contributed by atoms with Gasteiger partial charge in [-0.25, -0.2) is 4.79 Å². The fourth-order valence-electron chi connectivity index (χ4n) is 2.01. The minimum Gasteiger partial charge on any atom is -0.326 e. The molecule has 0 unspecified atom stereocenters. The standard InChI is InChI=1S/C13H16ClN3O2/c1-9(18)15-10-4-5-12(11(14)8-10)16-13(19)17-6-2-3-7-17/h4-5,8H,2-3,6-7H2,1H3,(H,15,18)(H,16,19). The second-order valence-electron chi connectivity index (χ2n) is 4.50. The molecule has 0 radical (unpaired) electrons. The molecule has 19 heavy (non-hydrogen) atoms. The second kappa shape index (κ2) is 5.93. The molecule has 1 aromatic rings. The van der Waals surface area contributed by atoms with Crippen molar-refractivity contribution in [3.05, 3.63) is 23.2 Å². The van der Waals surface area contributed by atoms with Crippen LogP contribution in [0.2, 0.25) is 5.02 Å². The molecule has 0 aliphatic carbocycles. The van der Waals surface area contributed by atoms with E-state index in [0.29, 0.717) is 16.4 Å². The average Bonchev–Trinajstić information content (AvgIpc) is 2.85. The number of amides is 3. The van der Waals surface area contributed by atoms with Crippen LogP contribution in [-0.2, 0) is 4.79 Å². The largest absolute Gasteiger partial charge is 0.326 e. The summed E-state index contributed by atoms with van der Waals surface area (Å²) in [6.45, 7) is 3.00. The van der Waals surface area contributed by atoms with Crippen LogP contribution in [0.5, 0.6) is 0 Å². The van der Waals surface area contributed by atoms with Crippen molar-refractivity contribution in [1.82, 2.24) is 4.90 Å². The van der Waals surface area contributed by atoms with Gasteiger partial charge >= 0.3 is 6.03 Å². The second-order valence-corrected chi connectivity index (χ2v) is 4.91. The van der Waals surface area contributed by atoms with Crippen LogP contribution in [0.25, 0.3) is 0 Å². The molecule has 6 heteroatoms. The van der Waals surface area contributed by atoms with Gasteiger partial charge in [0.25, 0.3) is 0 Å². The summed E-state index contributed by atoms with van der Waals surface area (Å²) >= 11 is 6.08. The van der Waals surface area contributed by atoms with Crippen molar-refractivity contribution in [1.29, 1.82) is 0 Å². The van der Waals surface area contributed by atoms with Crippen LogP contribution in [0.4, 0.5) is 16.2 Å². The molecule has 0 atom stereocenters. The van der Waals surface area contributed by atoms with Gasteiger partial charge in [-0.05, 0) is 31.0 Å². The van der Waals surface area contributed by atoms with Gasteiger partial charge in [0, 0.05) is 25.7 Å². The van der Waals surface area contributed by atoms with Crippen molar-refractivity contribution in [2.45, 2.75) is 19.8 Å². The van der Waals surface area contributed by atoms with Crippen molar-refractivity contribution in [2.24, 2.45) is 0 Å². The number of hydrogen-bond acceptors (Lipinski definition) is 2.